The van der Waals surface area contributed by atoms with Crippen LogP contribution in [-0.2, 0) is 20.9 Å². The topological polar surface area (TPSA) is 73.9 Å². The Labute approximate surface area is 158 Å². The quantitative estimate of drug-likeness (QED) is 0.572. The molecule has 2 aromatic carbocycles. The third-order valence-electron chi connectivity index (χ3n) is 3.79. The van der Waals surface area contributed by atoms with Crippen molar-refractivity contribution in [2.24, 2.45) is 0 Å². The lowest BCUT2D eigenvalue weighted by molar-refractivity contribution is -0.150. The van der Waals surface area contributed by atoms with Crippen molar-refractivity contribution >= 4 is 18.0 Å². The maximum atomic E-state index is 12.1. The molecule has 142 valence electrons. The molecule has 27 heavy (non-hydrogen) atoms. The van der Waals surface area contributed by atoms with Gasteiger partial charge in [-0.25, -0.2) is 4.79 Å². The van der Waals surface area contributed by atoms with Crippen LogP contribution in [0.3, 0.4) is 0 Å². The molecule has 0 heterocycles. The molecule has 0 fully saturated rings. The van der Waals surface area contributed by atoms with Gasteiger partial charge in [-0.15, -0.1) is 0 Å². The minimum Gasteiger partial charge on any atom is -0.497 e. The van der Waals surface area contributed by atoms with E-state index in [0.717, 1.165) is 16.9 Å². The zero-order chi connectivity index (χ0) is 19.6. The summed E-state index contributed by atoms with van der Waals surface area (Å²) in [7, 11) is 3.17. The lowest BCUT2D eigenvalue weighted by Gasteiger charge is -2.12. The highest BCUT2D eigenvalue weighted by atomic mass is 16.5. The van der Waals surface area contributed by atoms with E-state index in [1.54, 1.807) is 26.4 Å². The molecule has 0 radical (unpaired) electrons. The van der Waals surface area contributed by atoms with Gasteiger partial charge in [0.2, 0.25) is 0 Å². The third-order valence-corrected chi connectivity index (χ3v) is 3.79. The van der Waals surface area contributed by atoms with Gasteiger partial charge >= 0.3 is 5.97 Å². The van der Waals surface area contributed by atoms with Gasteiger partial charge in [0.15, 0.2) is 6.10 Å². The number of amides is 1. The van der Waals surface area contributed by atoms with Crippen molar-refractivity contribution in [1.82, 2.24) is 5.32 Å². The van der Waals surface area contributed by atoms with Gasteiger partial charge in [-0.3, -0.25) is 4.79 Å². The molecule has 0 saturated heterocycles. The van der Waals surface area contributed by atoms with E-state index < -0.39 is 12.1 Å². The largest absolute Gasteiger partial charge is 0.497 e. The van der Waals surface area contributed by atoms with Crippen molar-refractivity contribution in [2.45, 2.75) is 19.6 Å². The highest BCUT2D eigenvalue weighted by molar-refractivity contribution is 5.90. The summed E-state index contributed by atoms with van der Waals surface area (Å²) in [5, 5.41) is 2.73. The summed E-state index contributed by atoms with van der Waals surface area (Å²) in [6.07, 6.45) is 1.99. The fourth-order valence-electron chi connectivity index (χ4n) is 2.25. The Morgan fingerprint density at radius 2 is 1.74 bits per heavy atom. The van der Waals surface area contributed by atoms with Crippen LogP contribution in [0.4, 0.5) is 0 Å². The molecule has 0 bridgehead atoms. The maximum Gasteiger partial charge on any atom is 0.331 e. The van der Waals surface area contributed by atoms with E-state index in [4.69, 9.17) is 14.2 Å². The summed E-state index contributed by atoms with van der Waals surface area (Å²) in [4.78, 5) is 24.0. The van der Waals surface area contributed by atoms with E-state index >= 15 is 0 Å². The van der Waals surface area contributed by atoms with Crippen molar-refractivity contribution in [3.8, 4) is 11.5 Å². The number of carbonyl (C=O) groups is 2. The first kappa shape index (κ1) is 20.0. The molecule has 0 aromatic heterocycles. The molecule has 0 aliphatic carbocycles. The zero-order valence-electron chi connectivity index (χ0n) is 15.6. The van der Waals surface area contributed by atoms with E-state index in [0.29, 0.717) is 12.3 Å². The standard InChI is InChI=1S/C21H23NO5/c1-15(21(24)22-14-17-7-10-18(25-2)11-8-17)27-20(23)12-9-16-5-4-6-19(13-16)26-3/h4-13,15H,14H2,1-3H3,(H,22,24)/b12-9+/t15-/m0/s1. The van der Waals surface area contributed by atoms with E-state index in [1.165, 1.54) is 13.0 Å². The van der Waals surface area contributed by atoms with Gasteiger partial charge in [0.1, 0.15) is 11.5 Å². The average Bonchev–Trinajstić information content (AvgIpc) is 2.70. The second kappa shape index (κ2) is 10.0. The minimum atomic E-state index is -0.897. The van der Waals surface area contributed by atoms with Crippen LogP contribution in [0, 0.1) is 0 Å². The van der Waals surface area contributed by atoms with Crippen molar-refractivity contribution in [1.29, 1.82) is 0 Å². The number of ether oxygens (including phenoxy) is 3. The highest BCUT2D eigenvalue weighted by Gasteiger charge is 2.16. The first-order valence-corrected chi connectivity index (χ1v) is 8.45. The number of nitrogens with one attached hydrogen (secondary N) is 1. The van der Waals surface area contributed by atoms with Gasteiger partial charge in [-0.1, -0.05) is 24.3 Å². The Hall–Kier alpha value is -3.28. The van der Waals surface area contributed by atoms with Crippen LogP contribution in [0.5, 0.6) is 11.5 Å². The van der Waals surface area contributed by atoms with E-state index in [-0.39, 0.29) is 5.91 Å². The van der Waals surface area contributed by atoms with Gasteiger partial charge in [-0.2, -0.15) is 0 Å². The fourth-order valence-corrected chi connectivity index (χ4v) is 2.25. The normalized spacial score (nSPS) is 11.7. The van der Waals surface area contributed by atoms with Crippen molar-refractivity contribution in [2.75, 3.05) is 14.2 Å². The number of rotatable bonds is 8. The predicted molar refractivity (Wildman–Crippen MR) is 102 cm³/mol. The van der Waals surface area contributed by atoms with E-state index in [1.807, 2.05) is 42.5 Å². The number of carbonyl (C=O) groups excluding carboxylic acids is 2. The third kappa shape index (κ3) is 6.51. The zero-order valence-corrected chi connectivity index (χ0v) is 15.6. The number of methoxy groups -OCH3 is 2. The van der Waals surface area contributed by atoms with Gasteiger partial charge in [-0.05, 0) is 48.4 Å². The Bertz CT molecular complexity index is 798. The number of hydrogen-bond donors (Lipinski definition) is 1. The van der Waals surface area contributed by atoms with Crippen LogP contribution in [0.15, 0.2) is 54.6 Å². The monoisotopic (exact) mass is 369 g/mol. The molecule has 1 N–H and O–H groups in total. The van der Waals surface area contributed by atoms with E-state index in [9.17, 15) is 9.59 Å². The smallest absolute Gasteiger partial charge is 0.331 e. The Morgan fingerprint density at radius 1 is 1.04 bits per heavy atom. The van der Waals surface area contributed by atoms with Crippen LogP contribution < -0.4 is 14.8 Å². The summed E-state index contributed by atoms with van der Waals surface area (Å²) in [6, 6.07) is 14.6. The van der Waals surface area contributed by atoms with Gasteiger partial charge in [0.05, 0.1) is 14.2 Å². The number of hydrogen-bond acceptors (Lipinski definition) is 5. The molecule has 1 amide bonds. The first-order chi connectivity index (χ1) is 13.0. The maximum absolute atomic E-state index is 12.1. The molecule has 0 spiro atoms. The number of esters is 1. The lowest BCUT2D eigenvalue weighted by atomic mass is 10.2. The van der Waals surface area contributed by atoms with Crippen LogP contribution >= 0.6 is 0 Å². The van der Waals surface area contributed by atoms with Crippen LogP contribution in [0.1, 0.15) is 18.1 Å². The van der Waals surface area contributed by atoms with Gasteiger partial charge in [0.25, 0.3) is 5.91 Å². The average molecular weight is 369 g/mol. The Balaban J connectivity index is 1.81. The molecule has 2 aromatic rings. The molecule has 2 rings (SSSR count). The summed E-state index contributed by atoms with van der Waals surface area (Å²) in [5.41, 5.74) is 1.71. The van der Waals surface area contributed by atoms with Gasteiger partial charge < -0.3 is 19.5 Å². The Morgan fingerprint density at radius 3 is 2.41 bits per heavy atom. The fraction of sp³-hybridized carbons (Fsp3) is 0.238. The first-order valence-electron chi connectivity index (χ1n) is 8.45. The second-order valence-electron chi connectivity index (χ2n) is 5.75. The molecule has 6 heteroatoms. The molecule has 0 aliphatic rings. The summed E-state index contributed by atoms with van der Waals surface area (Å²) in [6.45, 7) is 1.87. The molecule has 6 nitrogen and oxygen atoms in total. The lowest BCUT2D eigenvalue weighted by Crippen LogP contribution is -2.35. The van der Waals surface area contributed by atoms with Crippen molar-refractivity contribution in [3.63, 3.8) is 0 Å². The van der Waals surface area contributed by atoms with Crippen molar-refractivity contribution in [3.05, 3.63) is 65.7 Å². The highest BCUT2D eigenvalue weighted by Crippen LogP contribution is 2.14. The second-order valence-corrected chi connectivity index (χ2v) is 5.75. The van der Waals surface area contributed by atoms with Crippen LogP contribution in [-0.4, -0.2) is 32.2 Å². The molecule has 0 aliphatic heterocycles. The summed E-state index contributed by atoms with van der Waals surface area (Å²) in [5.74, 6) is 0.478. The summed E-state index contributed by atoms with van der Waals surface area (Å²) < 4.78 is 15.3. The Kier molecular flexibility index (Phi) is 7.43. The molecule has 1 atom stereocenters. The van der Waals surface area contributed by atoms with E-state index in [2.05, 4.69) is 5.32 Å². The van der Waals surface area contributed by atoms with Crippen molar-refractivity contribution < 1.29 is 23.8 Å². The predicted octanol–water partition coefficient (Wildman–Crippen LogP) is 2.97. The van der Waals surface area contributed by atoms with Crippen LogP contribution in [0.2, 0.25) is 0 Å². The van der Waals surface area contributed by atoms with Crippen LogP contribution in [0.25, 0.3) is 6.08 Å². The SMILES string of the molecule is COc1ccc(CNC(=O)[C@H](C)OC(=O)/C=C/c2cccc(OC)c2)cc1. The molecular formula is C21H23NO5. The molecule has 0 unspecified atom stereocenters. The van der Waals surface area contributed by atoms with Gasteiger partial charge in [0, 0.05) is 12.6 Å². The molecule has 0 saturated carbocycles. The number of benzene rings is 2. The summed E-state index contributed by atoms with van der Waals surface area (Å²) >= 11 is 0. The minimum absolute atomic E-state index is 0.338. The molecular weight excluding hydrogens is 346 g/mol.